The minimum absolute atomic E-state index is 0.0337. The summed E-state index contributed by atoms with van der Waals surface area (Å²) in [5, 5.41) is 30.6. The van der Waals surface area contributed by atoms with Crippen LogP contribution >= 0.6 is 0 Å². The number of hydrogen-bond acceptors (Lipinski definition) is 17. The summed E-state index contributed by atoms with van der Waals surface area (Å²) in [5.41, 5.74) is 1.15. The second-order valence-corrected chi connectivity index (χ2v) is 21.9. The molecule has 0 spiro atoms. The van der Waals surface area contributed by atoms with E-state index in [0.717, 1.165) is 19.2 Å². The standard InChI is InChI=1S/C53H65FN12O11S/c1-8-53(73)38-22-43-47-36(27-66(43)50(71)37(38)29-77-51(53)72)34(35-21-32(4)39(54)23-41(35)59-47)15-14-20-76-30-58-45(68)26-55-48(69)40(16-11-13-18-64(5)6)60-49(70)46(31(2)3)61-44(67)17-10-9-12-19-65-28-42(62-63-65)33-24-56-52(57-25-33)78(7,74)75/h21-25,28,31,40,46,73H,8-13,16-20,26-27,29-30H2,1-7H3,(H,55,69)(H,58,68)(H,60,70)(H,61,67)/t40-,46-,53-/m0/s1. The van der Waals surface area contributed by atoms with E-state index < -0.39 is 69.1 Å². The van der Waals surface area contributed by atoms with Crippen molar-refractivity contribution in [3.8, 4) is 34.5 Å². The van der Waals surface area contributed by atoms with Crippen molar-refractivity contribution in [2.75, 3.05) is 46.8 Å². The minimum Gasteiger partial charge on any atom is -0.458 e. The highest BCUT2D eigenvalue weighted by Crippen LogP contribution is 2.40. The number of benzene rings is 1. The summed E-state index contributed by atoms with van der Waals surface area (Å²) in [7, 11) is 0.315. The molecule has 2 aliphatic rings. The smallest absolute Gasteiger partial charge is 0.343 e. The van der Waals surface area contributed by atoms with E-state index in [-0.39, 0.29) is 79.4 Å². The van der Waals surface area contributed by atoms with Gasteiger partial charge in [0.15, 0.2) is 5.60 Å². The average Bonchev–Trinajstić information content (AvgIpc) is 4.03. The number of nitrogens with zero attached hydrogens (tertiary/aromatic N) is 8. The van der Waals surface area contributed by atoms with E-state index >= 15 is 0 Å². The van der Waals surface area contributed by atoms with Crippen molar-refractivity contribution in [3.05, 3.63) is 80.8 Å². The third kappa shape index (κ3) is 13.8. The molecule has 0 saturated carbocycles. The van der Waals surface area contributed by atoms with Crippen LogP contribution in [-0.4, -0.2) is 141 Å². The van der Waals surface area contributed by atoms with Crippen molar-refractivity contribution in [1.82, 2.24) is 60.7 Å². The maximum absolute atomic E-state index is 14.9. The maximum Gasteiger partial charge on any atom is 0.343 e. The average molecular weight is 1100 g/mol. The molecule has 5 N–H and O–H groups in total. The molecule has 4 aromatic heterocycles. The Balaban J connectivity index is 0.896. The molecule has 0 radical (unpaired) electrons. The molecule has 4 amide bonds. The topological polar surface area (TPSA) is 301 Å². The number of cyclic esters (lactones) is 1. The number of carbonyl (C=O) groups is 5. The van der Waals surface area contributed by atoms with Crippen molar-refractivity contribution < 1.29 is 51.4 Å². The molecule has 23 nitrogen and oxygen atoms in total. The van der Waals surface area contributed by atoms with Gasteiger partial charge in [0.1, 0.15) is 43.5 Å². The number of amides is 4. The largest absolute Gasteiger partial charge is 0.458 e. The molecule has 0 saturated heterocycles. The second-order valence-electron chi connectivity index (χ2n) is 20.0. The molecular weight excluding hydrogens is 1030 g/mol. The molecule has 5 aromatic rings. The van der Waals surface area contributed by atoms with Gasteiger partial charge in [-0.25, -0.2) is 32.6 Å². The molecular formula is C53H65FN12O11S. The summed E-state index contributed by atoms with van der Waals surface area (Å²) in [6, 6.07) is 2.52. The third-order valence-corrected chi connectivity index (χ3v) is 14.4. The lowest BCUT2D eigenvalue weighted by Crippen LogP contribution is -2.56. The van der Waals surface area contributed by atoms with Crippen LogP contribution in [0.2, 0.25) is 0 Å². The third-order valence-electron chi connectivity index (χ3n) is 13.5. The zero-order chi connectivity index (χ0) is 56.5. The van der Waals surface area contributed by atoms with Gasteiger partial charge >= 0.3 is 5.97 Å². The first-order valence-electron chi connectivity index (χ1n) is 25.7. The summed E-state index contributed by atoms with van der Waals surface area (Å²) in [6.45, 7) is 6.94. The zero-order valence-corrected chi connectivity index (χ0v) is 45.5. The molecule has 0 unspecified atom stereocenters. The van der Waals surface area contributed by atoms with Gasteiger partial charge in [0.25, 0.3) is 5.56 Å². The molecule has 416 valence electrons. The molecule has 0 bridgehead atoms. The number of aliphatic hydroxyl groups is 1. The highest BCUT2D eigenvalue weighted by Gasteiger charge is 2.45. The summed E-state index contributed by atoms with van der Waals surface area (Å²) in [6.07, 6.45) is 9.05. The Hall–Kier alpha value is -7.53. The van der Waals surface area contributed by atoms with E-state index in [0.29, 0.717) is 76.9 Å². The molecule has 7 rings (SSSR count). The fraction of sp³-hybridized carbons (Fsp3) is 0.491. The van der Waals surface area contributed by atoms with E-state index in [4.69, 9.17) is 14.5 Å². The van der Waals surface area contributed by atoms with Crippen molar-refractivity contribution >= 4 is 50.3 Å². The fourth-order valence-electron chi connectivity index (χ4n) is 9.07. The number of aryl methyl sites for hydroxylation is 2. The van der Waals surface area contributed by atoms with Gasteiger partial charge < -0.3 is 45.3 Å². The number of carbonyl (C=O) groups excluding carboxylic acids is 5. The predicted molar refractivity (Wildman–Crippen MR) is 282 cm³/mol. The lowest BCUT2D eigenvalue weighted by atomic mass is 9.86. The van der Waals surface area contributed by atoms with Crippen LogP contribution in [0.5, 0.6) is 0 Å². The number of rotatable bonds is 24. The summed E-state index contributed by atoms with van der Waals surface area (Å²) in [4.78, 5) is 94.3. The Morgan fingerprint density at radius 2 is 1.74 bits per heavy atom. The molecule has 25 heteroatoms. The minimum atomic E-state index is -3.54. The molecule has 6 heterocycles. The van der Waals surface area contributed by atoms with E-state index in [1.54, 1.807) is 50.7 Å². The van der Waals surface area contributed by atoms with Gasteiger partial charge in [-0.2, -0.15) is 0 Å². The van der Waals surface area contributed by atoms with Crippen LogP contribution in [0.4, 0.5) is 4.39 Å². The number of hydrogen-bond donors (Lipinski definition) is 5. The molecule has 78 heavy (non-hydrogen) atoms. The Kier molecular flexibility index (Phi) is 18.9. The predicted octanol–water partition coefficient (Wildman–Crippen LogP) is 2.16. The molecule has 1 aromatic carbocycles. The number of pyridine rings is 2. The number of esters is 1. The van der Waals surface area contributed by atoms with Crippen molar-refractivity contribution in [2.45, 2.75) is 122 Å². The molecule has 3 atom stereocenters. The van der Waals surface area contributed by atoms with Crippen LogP contribution in [0.15, 0.2) is 46.7 Å². The Morgan fingerprint density at radius 1 is 0.987 bits per heavy atom. The molecule has 0 aliphatic carbocycles. The Labute approximate surface area is 450 Å². The maximum atomic E-state index is 14.9. The van der Waals surface area contributed by atoms with Crippen molar-refractivity contribution in [3.63, 3.8) is 0 Å². The molecule has 2 aliphatic heterocycles. The monoisotopic (exact) mass is 1100 g/mol. The van der Waals surface area contributed by atoms with Crippen molar-refractivity contribution in [2.24, 2.45) is 5.92 Å². The second kappa shape index (κ2) is 25.3. The number of sulfone groups is 1. The number of unbranched alkanes of at least 4 members (excludes halogenated alkanes) is 3. The Morgan fingerprint density at radius 3 is 2.45 bits per heavy atom. The van der Waals surface area contributed by atoms with Crippen LogP contribution in [0, 0.1) is 30.5 Å². The molecule has 0 fully saturated rings. The number of fused-ring (bicyclic) bond motifs is 5. The van der Waals surface area contributed by atoms with Gasteiger partial charge in [0.2, 0.25) is 38.6 Å². The van der Waals surface area contributed by atoms with Crippen LogP contribution in [0.25, 0.3) is 33.5 Å². The normalized spacial score (nSPS) is 15.4. The number of aromatic nitrogens is 7. The van der Waals surface area contributed by atoms with Gasteiger partial charge in [-0.3, -0.25) is 28.7 Å². The first-order chi connectivity index (χ1) is 37.1. The number of halogens is 1. The van der Waals surface area contributed by atoms with Gasteiger partial charge in [-0.15, -0.1) is 5.10 Å². The zero-order valence-electron chi connectivity index (χ0n) is 44.7. The van der Waals surface area contributed by atoms with Crippen molar-refractivity contribution in [1.29, 1.82) is 0 Å². The van der Waals surface area contributed by atoms with Crippen LogP contribution in [0.1, 0.15) is 100.0 Å². The van der Waals surface area contributed by atoms with E-state index in [9.17, 15) is 46.7 Å². The summed E-state index contributed by atoms with van der Waals surface area (Å²) >= 11 is 0. The van der Waals surface area contributed by atoms with E-state index in [1.165, 1.54) is 23.0 Å². The SMILES string of the molecule is CC[C@@]1(O)C(=O)OCc2c1cc1n(c2=O)Cc2c-1nc1cc(F)c(C)cc1c2C#CCOCNC(=O)CNC(=O)[C@H](CCCCN(C)C)NC(=O)[C@@H](NC(=O)CCCCCn1cc(-c2cnc(S(C)(=O)=O)nc2)nn1)C(C)C. The van der Waals surface area contributed by atoms with Crippen LogP contribution < -0.4 is 26.8 Å². The highest BCUT2D eigenvalue weighted by atomic mass is 32.2. The fourth-order valence-corrected chi connectivity index (χ4v) is 9.56. The van der Waals surface area contributed by atoms with E-state index in [1.807, 2.05) is 19.0 Å². The number of ether oxygens (including phenoxy) is 2. The first kappa shape index (κ1) is 58.2. The summed E-state index contributed by atoms with van der Waals surface area (Å²) in [5.74, 6) is 2.34. The quantitative estimate of drug-likeness (QED) is 0.0191. The number of nitrogens with one attached hydrogen (secondary N) is 4. The van der Waals surface area contributed by atoms with Gasteiger partial charge in [-0.1, -0.05) is 44.2 Å². The Bertz CT molecular complexity index is 3330. The van der Waals surface area contributed by atoms with Crippen LogP contribution in [0.3, 0.4) is 0 Å². The first-order valence-corrected chi connectivity index (χ1v) is 27.6. The lowest BCUT2D eigenvalue weighted by Gasteiger charge is -2.31. The van der Waals surface area contributed by atoms with Gasteiger partial charge in [0, 0.05) is 65.3 Å². The summed E-state index contributed by atoms with van der Waals surface area (Å²) < 4.78 is 52.2. The lowest BCUT2D eigenvalue weighted by molar-refractivity contribution is -0.172. The van der Waals surface area contributed by atoms with E-state index in [2.05, 4.69) is 53.4 Å². The van der Waals surface area contributed by atoms with Crippen LogP contribution in [-0.2, 0) is 68.6 Å². The highest BCUT2D eigenvalue weighted by molar-refractivity contribution is 7.90. The van der Waals surface area contributed by atoms with Gasteiger partial charge in [0.05, 0.1) is 41.8 Å². The van der Waals surface area contributed by atoms with Gasteiger partial charge in [-0.05, 0) is 89.7 Å².